The minimum atomic E-state index is 1.23. The predicted molar refractivity (Wildman–Crippen MR) is 242 cm³/mol. The van der Waals surface area contributed by atoms with E-state index in [4.69, 9.17) is 0 Å². The van der Waals surface area contributed by atoms with E-state index >= 15 is 0 Å². The number of hydrogen-bond donors (Lipinski definition) is 0. The van der Waals surface area contributed by atoms with Gasteiger partial charge in [-0.05, 0) is 132 Å². The normalized spacial score (nSPS) is 11.9. The summed E-state index contributed by atoms with van der Waals surface area (Å²) in [5, 5.41) is 18.1. The van der Waals surface area contributed by atoms with Gasteiger partial charge < -0.3 is 0 Å². The van der Waals surface area contributed by atoms with Crippen molar-refractivity contribution in [3.8, 4) is 44.5 Å². The van der Waals surface area contributed by atoms with Crippen molar-refractivity contribution in [3.63, 3.8) is 0 Å². The Balaban J connectivity index is 0.922. The van der Waals surface area contributed by atoms with Crippen molar-refractivity contribution in [1.29, 1.82) is 0 Å². The molecule has 0 aliphatic carbocycles. The summed E-state index contributed by atoms with van der Waals surface area (Å²) >= 11 is 0. The molecular weight excluding hydrogens is 673 g/mol. The van der Waals surface area contributed by atoms with E-state index in [0.717, 1.165) is 0 Å². The lowest BCUT2D eigenvalue weighted by Crippen LogP contribution is -1.90. The smallest absolute Gasteiger partial charge is 0.00203 e. The van der Waals surface area contributed by atoms with Gasteiger partial charge in [-0.15, -0.1) is 0 Å². The van der Waals surface area contributed by atoms with Gasteiger partial charge in [-0.3, -0.25) is 0 Å². The summed E-state index contributed by atoms with van der Waals surface area (Å²) < 4.78 is 0. The molecule has 12 aromatic carbocycles. The lowest BCUT2D eigenvalue weighted by molar-refractivity contribution is 1.62. The molecule has 12 rings (SSSR count). The zero-order valence-electron chi connectivity index (χ0n) is 30.6. The molecule has 0 aromatic heterocycles. The van der Waals surface area contributed by atoms with Crippen LogP contribution in [0.3, 0.4) is 0 Å². The van der Waals surface area contributed by atoms with Crippen LogP contribution in [0.2, 0.25) is 0 Å². The van der Waals surface area contributed by atoms with Gasteiger partial charge in [-0.1, -0.05) is 194 Å². The molecule has 0 saturated carbocycles. The highest BCUT2D eigenvalue weighted by Crippen LogP contribution is 2.43. The van der Waals surface area contributed by atoms with Crippen LogP contribution < -0.4 is 0 Å². The molecule has 0 heteroatoms. The second kappa shape index (κ2) is 12.1. The van der Waals surface area contributed by atoms with E-state index in [1.165, 1.54) is 120 Å². The molecule has 0 nitrogen and oxygen atoms in total. The van der Waals surface area contributed by atoms with Crippen molar-refractivity contribution >= 4 is 75.4 Å². The molecule has 258 valence electrons. The van der Waals surface area contributed by atoms with Crippen LogP contribution in [0.15, 0.2) is 206 Å². The van der Waals surface area contributed by atoms with E-state index < -0.39 is 0 Å². The third-order valence-corrected chi connectivity index (χ3v) is 12.2. The second-order valence-corrected chi connectivity index (χ2v) is 15.2. The highest BCUT2D eigenvalue weighted by molar-refractivity contribution is 6.27. The summed E-state index contributed by atoms with van der Waals surface area (Å²) in [5.41, 5.74) is 9.93. The van der Waals surface area contributed by atoms with Crippen molar-refractivity contribution in [2.24, 2.45) is 0 Å². The van der Waals surface area contributed by atoms with Gasteiger partial charge in [0.1, 0.15) is 0 Å². The van der Waals surface area contributed by atoms with Gasteiger partial charge in [-0.25, -0.2) is 0 Å². The van der Waals surface area contributed by atoms with E-state index in [1.807, 2.05) is 0 Å². The molecule has 0 N–H and O–H groups in total. The van der Waals surface area contributed by atoms with Crippen molar-refractivity contribution in [3.05, 3.63) is 206 Å². The first kappa shape index (κ1) is 31.1. The minimum absolute atomic E-state index is 1.23. The monoisotopic (exact) mass is 706 g/mol. The minimum Gasteiger partial charge on any atom is -0.0616 e. The molecule has 0 bridgehead atoms. The standard InChI is InChI=1S/C56H34/c1-3-7-47-37(5-1)17-19-41-21-23-45(33-53(41)47)35-9-13-39(14-10-35)49-29-25-43-28-32-52-50(30-26-44-27-31-51(49)55(43)56(44)52)40-15-11-36(12-16-40)46-24-22-42-20-18-38-6-2-4-8-48(38)54(42)34-46/h1-34H. The molecule has 0 aliphatic heterocycles. The van der Waals surface area contributed by atoms with Crippen LogP contribution in [0, 0.1) is 0 Å². The SMILES string of the molecule is c1ccc2c(c1)ccc1ccc(-c3ccc(-c4ccc5ccc6c(-c7ccc(-c8ccc9ccc%10ccccc%10c9c8)cc7)ccc7ccc4c5c76)cc3)cc12. The maximum atomic E-state index is 2.35. The molecule has 0 heterocycles. The topological polar surface area (TPSA) is 0 Å². The van der Waals surface area contributed by atoms with Crippen molar-refractivity contribution < 1.29 is 0 Å². The van der Waals surface area contributed by atoms with Crippen LogP contribution >= 0.6 is 0 Å². The first-order chi connectivity index (χ1) is 27.7. The van der Waals surface area contributed by atoms with Crippen molar-refractivity contribution in [1.82, 2.24) is 0 Å². The Morgan fingerprint density at radius 3 is 0.946 bits per heavy atom. The Morgan fingerprint density at radius 2 is 0.500 bits per heavy atom. The molecule has 0 aliphatic rings. The molecule has 0 unspecified atom stereocenters. The lowest BCUT2D eigenvalue weighted by atomic mass is 9.87. The molecule has 0 spiro atoms. The summed E-state index contributed by atoms with van der Waals surface area (Å²) in [5.74, 6) is 0. The average molecular weight is 707 g/mol. The van der Waals surface area contributed by atoms with E-state index in [9.17, 15) is 0 Å². The summed E-state index contributed by atoms with van der Waals surface area (Å²) in [7, 11) is 0. The summed E-state index contributed by atoms with van der Waals surface area (Å²) in [6.45, 7) is 0. The Kier molecular flexibility index (Phi) is 6.73. The Bertz CT molecular complexity index is 3260. The zero-order valence-corrected chi connectivity index (χ0v) is 30.6. The average Bonchev–Trinajstić information content (AvgIpc) is 3.28. The Hall–Kier alpha value is -7.28. The summed E-state index contributed by atoms with van der Waals surface area (Å²) in [6.07, 6.45) is 0. The fourth-order valence-electron chi connectivity index (χ4n) is 9.35. The van der Waals surface area contributed by atoms with Gasteiger partial charge in [0.2, 0.25) is 0 Å². The maximum Gasteiger partial charge on any atom is -0.00203 e. The maximum absolute atomic E-state index is 2.35. The number of fused-ring (bicyclic) bond motifs is 6. The molecular formula is C56H34. The van der Waals surface area contributed by atoms with Gasteiger partial charge in [-0.2, -0.15) is 0 Å². The quantitative estimate of drug-likeness (QED) is 0.160. The summed E-state index contributed by atoms with van der Waals surface area (Å²) in [4.78, 5) is 0. The third kappa shape index (κ3) is 4.79. The predicted octanol–water partition coefficient (Wildman–Crippen LogP) is 15.9. The number of rotatable bonds is 4. The van der Waals surface area contributed by atoms with E-state index in [-0.39, 0.29) is 0 Å². The highest BCUT2D eigenvalue weighted by Gasteiger charge is 2.16. The fourth-order valence-corrected chi connectivity index (χ4v) is 9.35. The zero-order chi connectivity index (χ0) is 36.7. The van der Waals surface area contributed by atoms with E-state index in [1.54, 1.807) is 0 Å². The molecule has 0 fully saturated rings. The van der Waals surface area contributed by atoms with Gasteiger partial charge in [0.25, 0.3) is 0 Å². The van der Waals surface area contributed by atoms with Crippen molar-refractivity contribution in [2.45, 2.75) is 0 Å². The van der Waals surface area contributed by atoms with Gasteiger partial charge in [0.05, 0.1) is 0 Å². The molecule has 0 amide bonds. The van der Waals surface area contributed by atoms with Crippen molar-refractivity contribution in [2.75, 3.05) is 0 Å². The van der Waals surface area contributed by atoms with Crippen LogP contribution in [0.1, 0.15) is 0 Å². The van der Waals surface area contributed by atoms with Crippen LogP contribution in [0.4, 0.5) is 0 Å². The molecule has 0 atom stereocenters. The lowest BCUT2D eigenvalue weighted by Gasteiger charge is -2.17. The summed E-state index contributed by atoms with van der Waals surface area (Å²) in [6, 6.07) is 76.6. The van der Waals surface area contributed by atoms with Gasteiger partial charge in [0.15, 0.2) is 0 Å². The molecule has 56 heavy (non-hydrogen) atoms. The van der Waals surface area contributed by atoms with E-state index in [2.05, 4.69) is 206 Å². The van der Waals surface area contributed by atoms with Gasteiger partial charge >= 0.3 is 0 Å². The Morgan fingerprint density at radius 1 is 0.179 bits per heavy atom. The largest absolute Gasteiger partial charge is 0.0616 e. The van der Waals surface area contributed by atoms with Gasteiger partial charge in [0, 0.05) is 0 Å². The van der Waals surface area contributed by atoms with E-state index in [0.29, 0.717) is 0 Å². The van der Waals surface area contributed by atoms with Crippen LogP contribution in [-0.4, -0.2) is 0 Å². The van der Waals surface area contributed by atoms with Crippen LogP contribution in [0.25, 0.3) is 120 Å². The molecule has 12 aromatic rings. The highest BCUT2D eigenvalue weighted by atomic mass is 14.2. The molecule has 0 saturated heterocycles. The van der Waals surface area contributed by atoms with Crippen LogP contribution in [-0.2, 0) is 0 Å². The second-order valence-electron chi connectivity index (χ2n) is 15.2. The first-order valence-electron chi connectivity index (χ1n) is 19.5. The fraction of sp³-hybridized carbons (Fsp3) is 0. The number of benzene rings is 12. The Labute approximate surface area is 324 Å². The third-order valence-electron chi connectivity index (χ3n) is 12.2. The number of hydrogen-bond acceptors (Lipinski definition) is 0. The molecule has 0 radical (unpaired) electrons. The first-order valence-corrected chi connectivity index (χ1v) is 19.5. The van der Waals surface area contributed by atoms with Crippen LogP contribution in [0.5, 0.6) is 0 Å².